The first-order chi connectivity index (χ1) is 8.83. The zero-order chi connectivity index (χ0) is 12.4. The summed E-state index contributed by atoms with van der Waals surface area (Å²) in [7, 11) is 0. The van der Waals surface area contributed by atoms with Crippen LogP contribution >= 0.6 is 0 Å². The number of ether oxygens (including phenoxy) is 2. The largest absolute Gasteiger partial charge is 0.423 e. The number of rotatable bonds is 3. The minimum absolute atomic E-state index is 0.212. The van der Waals surface area contributed by atoms with E-state index >= 15 is 0 Å². The molecule has 3 nitrogen and oxygen atoms in total. The average molecular weight is 240 g/mol. The van der Waals surface area contributed by atoms with Crippen LogP contribution in [0, 0.1) is 0 Å². The summed E-state index contributed by atoms with van der Waals surface area (Å²) in [5.74, 6) is 0.210. The number of hydrogen-bond acceptors (Lipinski definition) is 3. The second-order valence-electron chi connectivity index (χ2n) is 4.15. The lowest BCUT2D eigenvalue weighted by Gasteiger charge is -2.04. The molecule has 1 aliphatic rings. The molecule has 1 saturated heterocycles. The van der Waals surface area contributed by atoms with Crippen LogP contribution in [0.25, 0.3) is 0 Å². The van der Waals surface area contributed by atoms with Crippen molar-refractivity contribution in [2.45, 2.75) is 6.10 Å². The average Bonchev–Trinajstić information content (AvgIpc) is 3.24. The molecule has 1 atom stereocenters. The van der Waals surface area contributed by atoms with Crippen molar-refractivity contribution in [1.29, 1.82) is 0 Å². The Morgan fingerprint density at radius 2 is 1.72 bits per heavy atom. The van der Waals surface area contributed by atoms with E-state index in [1.165, 1.54) is 0 Å². The second-order valence-corrected chi connectivity index (χ2v) is 4.15. The van der Waals surface area contributed by atoms with Crippen LogP contribution < -0.4 is 4.74 Å². The van der Waals surface area contributed by atoms with Gasteiger partial charge in [-0.15, -0.1) is 0 Å². The molecule has 18 heavy (non-hydrogen) atoms. The minimum Gasteiger partial charge on any atom is -0.423 e. The molecule has 3 heteroatoms. The fraction of sp³-hybridized carbons (Fsp3) is 0.133. The topological polar surface area (TPSA) is 38.8 Å². The summed E-state index contributed by atoms with van der Waals surface area (Å²) in [5, 5.41) is 0. The van der Waals surface area contributed by atoms with Gasteiger partial charge in [-0.3, -0.25) is 0 Å². The number of hydrogen-bond donors (Lipinski definition) is 0. The van der Waals surface area contributed by atoms with Gasteiger partial charge in [-0.1, -0.05) is 30.3 Å². The lowest BCUT2D eigenvalue weighted by molar-refractivity contribution is 0.0735. The number of carbonyl (C=O) groups excluding carboxylic acids is 1. The Bertz CT molecular complexity index is 542. The molecule has 1 heterocycles. The SMILES string of the molecule is O=C(Oc1ccccc1)c1ccc(C2CO2)cc1. The van der Waals surface area contributed by atoms with Crippen molar-refractivity contribution in [3.63, 3.8) is 0 Å². The molecule has 0 saturated carbocycles. The highest BCUT2D eigenvalue weighted by Gasteiger charge is 2.24. The van der Waals surface area contributed by atoms with E-state index in [0.717, 1.165) is 12.2 Å². The Hall–Kier alpha value is -2.13. The summed E-state index contributed by atoms with van der Waals surface area (Å²) in [5.41, 5.74) is 1.65. The van der Waals surface area contributed by atoms with Crippen LogP contribution in [-0.4, -0.2) is 12.6 Å². The highest BCUT2D eigenvalue weighted by atomic mass is 16.6. The van der Waals surface area contributed by atoms with Crippen molar-refractivity contribution in [3.8, 4) is 5.75 Å². The van der Waals surface area contributed by atoms with Crippen molar-refractivity contribution in [1.82, 2.24) is 0 Å². The van der Waals surface area contributed by atoms with E-state index in [4.69, 9.17) is 9.47 Å². The maximum atomic E-state index is 11.9. The third kappa shape index (κ3) is 2.41. The van der Waals surface area contributed by atoms with Crippen LogP contribution in [0.1, 0.15) is 22.0 Å². The van der Waals surface area contributed by atoms with E-state index in [1.54, 1.807) is 24.3 Å². The summed E-state index contributed by atoms with van der Waals surface area (Å²) in [6, 6.07) is 16.4. The van der Waals surface area contributed by atoms with Gasteiger partial charge in [-0.25, -0.2) is 4.79 Å². The fourth-order valence-corrected chi connectivity index (χ4v) is 1.73. The smallest absolute Gasteiger partial charge is 0.343 e. The maximum Gasteiger partial charge on any atom is 0.343 e. The van der Waals surface area contributed by atoms with Crippen LogP contribution in [0.5, 0.6) is 5.75 Å². The van der Waals surface area contributed by atoms with Crippen molar-refractivity contribution in [3.05, 3.63) is 65.7 Å². The number of carbonyl (C=O) groups is 1. The Kier molecular flexibility index (Phi) is 2.82. The third-order valence-electron chi connectivity index (χ3n) is 2.81. The molecule has 1 fully saturated rings. The molecule has 0 N–H and O–H groups in total. The number of benzene rings is 2. The molecule has 2 aromatic rings. The van der Waals surface area contributed by atoms with Crippen LogP contribution in [-0.2, 0) is 4.74 Å². The maximum absolute atomic E-state index is 11.9. The summed E-state index contributed by atoms with van der Waals surface area (Å²) < 4.78 is 10.4. The number of epoxide rings is 1. The van der Waals surface area contributed by atoms with Crippen molar-refractivity contribution in [2.75, 3.05) is 6.61 Å². The molecule has 0 bridgehead atoms. The minimum atomic E-state index is -0.343. The molecule has 90 valence electrons. The van der Waals surface area contributed by atoms with Gasteiger partial charge in [0.05, 0.1) is 12.2 Å². The molecule has 0 radical (unpaired) electrons. The number of para-hydroxylation sites is 1. The first-order valence-electron chi connectivity index (χ1n) is 5.82. The molecule has 1 unspecified atom stereocenters. The standard InChI is InChI=1S/C15H12O3/c16-15(18-13-4-2-1-3-5-13)12-8-6-11(7-9-12)14-10-17-14/h1-9,14H,10H2. The van der Waals surface area contributed by atoms with Crippen molar-refractivity contribution < 1.29 is 14.3 Å². The van der Waals surface area contributed by atoms with E-state index in [2.05, 4.69) is 0 Å². The fourth-order valence-electron chi connectivity index (χ4n) is 1.73. The van der Waals surface area contributed by atoms with Gasteiger partial charge in [0, 0.05) is 0 Å². The van der Waals surface area contributed by atoms with Gasteiger partial charge in [-0.05, 0) is 29.8 Å². The van der Waals surface area contributed by atoms with Crippen molar-refractivity contribution >= 4 is 5.97 Å². The zero-order valence-corrected chi connectivity index (χ0v) is 9.71. The first kappa shape index (κ1) is 11.0. The highest BCUT2D eigenvalue weighted by Crippen LogP contribution is 2.29. The number of esters is 1. The van der Waals surface area contributed by atoms with Gasteiger partial charge in [0.2, 0.25) is 0 Å². The van der Waals surface area contributed by atoms with E-state index in [1.807, 2.05) is 30.3 Å². The summed E-state index contributed by atoms with van der Waals surface area (Å²) >= 11 is 0. The zero-order valence-electron chi connectivity index (χ0n) is 9.71. The summed E-state index contributed by atoms with van der Waals surface area (Å²) in [6.07, 6.45) is 0.212. The Balaban J connectivity index is 1.72. The van der Waals surface area contributed by atoms with Gasteiger partial charge in [0.15, 0.2) is 0 Å². The molecule has 0 aromatic heterocycles. The quantitative estimate of drug-likeness (QED) is 0.470. The van der Waals surface area contributed by atoms with Crippen LogP contribution in [0.15, 0.2) is 54.6 Å². The predicted octanol–water partition coefficient (Wildman–Crippen LogP) is 2.98. The van der Waals surface area contributed by atoms with E-state index < -0.39 is 0 Å². The molecular weight excluding hydrogens is 228 g/mol. The van der Waals surface area contributed by atoms with Crippen LogP contribution in [0.2, 0.25) is 0 Å². The van der Waals surface area contributed by atoms with E-state index in [9.17, 15) is 4.79 Å². The van der Waals surface area contributed by atoms with Gasteiger partial charge >= 0.3 is 5.97 Å². The van der Waals surface area contributed by atoms with E-state index in [0.29, 0.717) is 11.3 Å². The summed E-state index contributed by atoms with van der Waals surface area (Å²) in [4.78, 5) is 11.9. The van der Waals surface area contributed by atoms with E-state index in [-0.39, 0.29) is 12.1 Å². The summed E-state index contributed by atoms with van der Waals surface area (Å²) in [6.45, 7) is 0.772. The first-order valence-corrected chi connectivity index (χ1v) is 5.82. The normalized spacial score (nSPS) is 17.2. The van der Waals surface area contributed by atoms with Crippen molar-refractivity contribution in [2.24, 2.45) is 0 Å². The van der Waals surface area contributed by atoms with Gasteiger partial charge in [0.25, 0.3) is 0 Å². The Morgan fingerprint density at radius 3 is 2.33 bits per heavy atom. The predicted molar refractivity (Wildman–Crippen MR) is 66.5 cm³/mol. The van der Waals surface area contributed by atoms with Crippen LogP contribution in [0.4, 0.5) is 0 Å². The molecule has 0 aliphatic carbocycles. The molecule has 2 aromatic carbocycles. The molecule has 0 amide bonds. The van der Waals surface area contributed by atoms with Gasteiger partial charge in [-0.2, -0.15) is 0 Å². The molecule has 1 aliphatic heterocycles. The lowest BCUT2D eigenvalue weighted by Crippen LogP contribution is -2.08. The van der Waals surface area contributed by atoms with Gasteiger partial charge in [0.1, 0.15) is 11.9 Å². The highest BCUT2D eigenvalue weighted by molar-refractivity contribution is 5.91. The van der Waals surface area contributed by atoms with Gasteiger partial charge < -0.3 is 9.47 Å². The Labute approximate surface area is 105 Å². The third-order valence-corrected chi connectivity index (χ3v) is 2.81. The molecule has 0 spiro atoms. The molecular formula is C15H12O3. The van der Waals surface area contributed by atoms with Crippen LogP contribution in [0.3, 0.4) is 0 Å². The monoisotopic (exact) mass is 240 g/mol. The lowest BCUT2D eigenvalue weighted by atomic mass is 10.1. The molecule has 3 rings (SSSR count). The Morgan fingerprint density at radius 1 is 1.06 bits per heavy atom. The second kappa shape index (κ2) is 4.63.